The van der Waals surface area contributed by atoms with Crippen LogP contribution in [0.4, 0.5) is 0 Å². The summed E-state index contributed by atoms with van der Waals surface area (Å²) in [6.07, 6.45) is 11.7. The molecule has 3 atom stereocenters. The number of carbonyl (C=O) groups excluding carboxylic acids is 2. The standard InChI is InChI=1S/C17H27N3O2.C9H12.C8H18.C4H10/c1-11-7-8-20(10-12(11)2)17(22)16(18)14-5-4-6-15(14)19-9-13(3)21;1-7-5-4-6-8(2)9(7)3;1-4-6-7-8(3)5-2;1-3-4-2/h11-12H,4-10,18H2,1-3H3;4-6H,1-3H3;8H,4-7H2,1-3H3;3-4H2,1-2H3/b16-14-,19-15?;;;/t11-,12+;;;/m0.../s1. The van der Waals surface area contributed by atoms with E-state index >= 15 is 0 Å². The predicted octanol–water partition coefficient (Wildman–Crippen LogP) is 9.56. The van der Waals surface area contributed by atoms with E-state index in [2.05, 4.69) is 92.4 Å². The second-order valence-electron chi connectivity index (χ2n) is 12.9. The Morgan fingerprint density at radius 3 is 2.05 bits per heavy atom. The molecule has 246 valence electrons. The average molecular weight is 598 g/mol. The summed E-state index contributed by atoms with van der Waals surface area (Å²) in [7, 11) is 0. The number of allylic oxidation sites excluding steroid dienone is 1. The van der Waals surface area contributed by atoms with Crippen LogP contribution in [-0.4, -0.2) is 41.9 Å². The first-order chi connectivity index (χ1) is 20.3. The number of aliphatic imine (C=N–C) groups is 1. The number of ketones is 1. The van der Waals surface area contributed by atoms with E-state index in [4.69, 9.17) is 5.73 Å². The van der Waals surface area contributed by atoms with Crippen LogP contribution in [0, 0.1) is 38.5 Å². The molecular formula is C38H67N3O2. The molecule has 1 heterocycles. The molecule has 1 aromatic carbocycles. The Balaban J connectivity index is 0.000000687. The Kier molecular flexibility index (Phi) is 21.7. The molecule has 1 aliphatic heterocycles. The van der Waals surface area contributed by atoms with Gasteiger partial charge in [0.2, 0.25) is 0 Å². The fourth-order valence-electron chi connectivity index (χ4n) is 4.80. The van der Waals surface area contributed by atoms with Crippen molar-refractivity contribution in [3.05, 3.63) is 46.2 Å². The zero-order valence-electron chi connectivity index (χ0n) is 29.9. The zero-order valence-corrected chi connectivity index (χ0v) is 29.9. The SMILES string of the molecule is CC(=O)CN=C1CCC/C1=C(/N)C(=O)N1CC[C@H](C)[C@H](C)C1.CCCC.CCCCC(C)CC.Cc1cccc(C)c1C. The minimum Gasteiger partial charge on any atom is -0.394 e. The maximum absolute atomic E-state index is 12.6. The number of benzene rings is 1. The molecule has 0 aromatic heterocycles. The van der Waals surface area contributed by atoms with Crippen LogP contribution in [0.5, 0.6) is 0 Å². The molecule has 0 radical (unpaired) electrons. The highest BCUT2D eigenvalue weighted by atomic mass is 16.2. The number of piperidine rings is 1. The highest BCUT2D eigenvalue weighted by Crippen LogP contribution is 2.27. The molecule has 5 nitrogen and oxygen atoms in total. The molecule has 0 spiro atoms. The van der Waals surface area contributed by atoms with Gasteiger partial charge in [0, 0.05) is 24.4 Å². The van der Waals surface area contributed by atoms with Gasteiger partial charge >= 0.3 is 0 Å². The van der Waals surface area contributed by atoms with Gasteiger partial charge in [-0.05, 0) is 87.8 Å². The van der Waals surface area contributed by atoms with Crippen LogP contribution in [0.15, 0.2) is 34.5 Å². The fraction of sp³-hybridized carbons (Fsp3) is 0.711. The number of aryl methyl sites for hydroxylation is 2. The Hall–Kier alpha value is -2.43. The first kappa shape index (κ1) is 40.6. The summed E-state index contributed by atoms with van der Waals surface area (Å²) in [6.45, 7) is 25.3. The summed E-state index contributed by atoms with van der Waals surface area (Å²) in [5.41, 5.74) is 12.4. The van der Waals surface area contributed by atoms with Crippen molar-refractivity contribution in [1.29, 1.82) is 0 Å². The molecule has 1 saturated carbocycles. The van der Waals surface area contributed by atoms with Crippen molar-refractivity contribution in [1.82, 2.24) is 4.90 Å². The molecule has 3 rings (SSSR count). The highest BCUT2D eigenvalue weighted by Gasteiger charge is 2.29. The number of rotatable bonds is 8. The van der Waals surface area contributed by atoms with Gasteiger partial charge in [-0.15, -0.1) is 0 Å². The van der Waals surface area contributed by atoms with Gasteiger partial charge in [-0.3, -0.25) is 14.6 Å². The van der Waals surface area contributed by atoms with Gasteiger partial charge in [-0.1, -0.05) is 105 Å². The first-order valence-electron chi connectivity index (χ1n) is 17.2. The van der Waals surface area contributed by atoms with Crippen molar-refractivity contribution in [3.63, 3.8) is 0 Å². The maximum Gasteiger partial charge on any atom is 0.270 e. The minimum atomic E-state index is -0.0637. The Bertz CT molecular complexity index is 988. The highest BCUT2D eigenvalue weighted by molar-refractivity contribution is 6.09. The second kappa shape index (κ2) is 23.0. The van der Waals surface area contributed by atoms with Crippen LogP contribution < -0.4 is 5.73 Å². The molecule has 2 fully saturated rings. The molecule has 2 aliphatic rings. The van der Waals surface area contributed by atoms with Crippen LogP contribution >= 0.6 is 0 Å². The van der Waals surface area contributed by atoms with Gasteiger partial charge in [0.1, 0.15) is 5.70 Å². The first-order valence-corrected chi connectivity index (χ1v) is 17.2. The summed E-state index contributed by atoms with van der Waals surface area (Å²) in [4.78, 5) is 29.9. The molecule has 0 bridgehead atoms. The molecule has 1 unspecified atom stereocenters. The summed E-state index contributed by atoms with van der Waals surface area (Å²) in [6, 6.07) is 6.38. The number of carbonyl (C=O) groups is 2. The molecule has 5 heteroatoms. The van der Waals surface area contributed by atoms with E-state index in [1.165, 1.54) is 62.1 Å². The van der Waals surface area contributed by atoms with Gasteiger partial charge in [0.25, 0.3) is 5.91 Å². The van der Waals surface area contributed by atoms with Crippen molar-refractivity contribution in [2.45, 2.75) is 140 Å². The van der Waals surface area contributed by atoms with Crippen molar-refractivity contribution in [2.24, 2.45) is 28.5 Å². The van der Waals surface area contributed by atoms with Crippen LogP contribution in [0.1, 0.15) is 136 Å². The number of hydrogen-bond acceptors (Lipinski definition) is 4. The van der Waals surface area contributed by atoms with Gasteiger partial charge in [-0.25, -0.2) is 0 Å². The fourth-order valence-corrected chi connectivity index (χ4v) is 4.80. The molecule has 1 amide bonds. The monoisotopic (exact) mass is 598 g/mol. The van der Waals surface area contributed by atoms with Crippen molar-refractivity contribution in [2.75, 3.05) is 19.6 Å². The van der Waals surface area contributed by atoms with Crippen LogP contribution in [-0.2, 0) is 9.59 Å². The van der Waals surface area contributed by atoms with Gasteiger partial charge < -0.3 is 10.6 Å². The molecule has 43 heavy (non-hydrogen) atoms. The average Bonchev–Trinajstić information content (AvgIpc) is 3.47. The van der Waals surface area contributed by atoms with E-state index in [1.54, 1.807) is 0 Å². The number of hydrogen-bond donors (Lipinski definition) is 1. The summed E-state index contributed by atoms with van der Waals surface area (Å²) in [5.74, 6) is 2.07. The number of nitrogens with two attached hydrogens (primary N) is 1. The third-order valence-corrected chi connectivity index (χ3v) is 8.98. The van der Waals surface area contributed by atoms with E-state index < -0.39 is 0 Å². The van der Waals surface area contributed by atoms with Gasteiger partial charge in [-0.2, -0.15) is 0 Å². The predicted molar refractivity (Wildman–Crippen MR) is 188 cm³/mol. The van der Waals surface area contributed by atoms with Crippen molar-refractivity contribution < 1.29 is 9.59 Å². The zero-order chi connectivity index (χ0) is 32.9. The number of unbranched alkanes of at least 4 members (excludes halogenated alkanes) is 2. The van der Waals surface area contributed by atoms with E-state index in [0.717, 1.165) is 56.0 Å². The largest absolute Gasteiger partial charge is 0.394 e. The number of likely N-dealkylation sites (tertiary alicyclic amines) is 1. The second-order valence-corrected chi connectivity index (χ2v) is 12.9. The number of amides is 1. The molecular weight excluding hydrogens is 530 g/mol. The van der Waals surface area contributed by atoms with Crippen molar-refractivity contribution >= 4 is 17.4 Å². The smallest absolute Gasteiger partial charge is 0.270 e. The topological polar surface area (TPSA) is 75.8 Å². The van der Waals surface area contributed by atoms with Crippen LogP contribution in [0.25, 0.3) is 0 Å². The summed E-state index contributed by atoms with van der Waals surface area (Å²) >= 11 is 0. The summed E-state index contributed by atoms with van der Waals surface area (Å²) < 4.78 is 0. The lowest BCUT2D eigenvalue weighted by Crippen LogP contribution is -2.44. The lowest BCUT2D eigenvalue weighted by molar-refractivity contribution is -0.129. The Morgan fingerprint density at radius 2 is 1.58 bits per heavy atom. The molecule has 1 saturated heterocycles. The van der Waals surface area contributed by atoms with Crippen molar-refractivity contribution in [3.8, 4) is 0 Å². The maximum atomic E-state index is 12.6. The lowest BCUT2D eigenvalue weighted by atomic mass is 9.88. The van der Waals surface area contributed by atoms with Gasteiger partial charge in [0.15, 0.2) is 5.78 Å². The van der Waals surface area contributed by atoms with Crippen LogP contribution in [0.2, 0.25) is 0 Å². The Morgan fingerprint density at radius 1 is 0.977 bits per heavy atom. The normalized spacial score (nSPS) is 20.5. The van der Waals surface area contributed by atoms with E-state index in [1.807, 2.05) is 4.90 Å². The molecule has 1 aliphatic carbocycles. The van der Waals surface area contributed by atoms with Gasteiger partial charge in [0.05, 0.1) is 6.54 Å². The van der Waals surface area contributed by atoms with E-state index in [9.17, 15) is 9.59 Å². The Labute approximate surface area is 266 Å². The lowest BCUT2D eigenvalue weighted by Gasteiger charge is -2.35. The third-order valence-electron chi connectivity index (χ3n) is 8.98. The van der Waals surface area contributed by atoms with E-state index in [0.29, 0.717) is 17.5 Å². The minimum absolute atomic E-state index is 0.0301. The number of Topliss-reactive ketones (excluding diaryl/α,β-unsaturated/α-hetero) is 1. The third kappa shape index (κ3) is 16.3. The quantitative estimate of drug-likeness (QED) is 0.303. The van der Waals surface area contributed by atoms with E-state index in [-0.39, 0.29) is 18.2 Å². The number of nitrogens with zero attached hydrogens (tertiary/aromatic N) is 2. The van der Waals surface area contributed by atoms with Crippen LogP contribution in [0.3, 0.4) is 0 Å². The summed E-state index contributed by atoms with van der Waals surface area (Å²) in [5, 5.41) is 0. The molecule has 2 N–H and O–H groups in total. The molecule has 1 aromatic rings.